The Morgan fingerprint density at radius 3 is 2.19 bits per heavy atom. The quantitative estimate of drug-likeness (QED) is 0.126. The molecule has 5 aromatic carbocycles. The van der Waals surface area contributed by atoms with Crippen LogP contribution in [0.25, 0.3) is 16.6 Å². The molecule has 0 aliphatic rings. The standard InChI is InChI=1S/C45H42N6O2/c1-32-25-41(43(26-33(32)2)49-44(52)38-28-37-12-6-7-14-42(37)47-29-38)45(53)48-39-17-15-35(16-18-39)20-23-50(22-19-34-9-4-3-5-10-34)30-36-11-8-13-40(27-36)51-24-21-46-31-51/h3-18,21,24-29,31H,19-20,22-23,30H2,1-2H3,(H,48,53)(H,49,52). The third-order valence-corrected chi connectivity index (χ3v) is 9.59. The molecule has 0 atom stereocenters. The molecule has 0 bridgehead atoms. The van der Waals surface area contributed by atoms with Crippen LogP contribution in [0.3, 0.4) is 0 Å². The lowest BCUT2D eigenvalue weighted by molar-refractivity contribution is 0.102. The molecule has 0 fully saturated rings. The molecule has 2 aromatic heterocycles. The van der Waals surface area contributed by atoms with Crippen LogP contribution >= 0.6 is 0 Å². The van der Waals surface area contributed by atoms with Gasteiger partial charge in [0.2, 0.25) is 0 Å². The molecule has 0 radical (unpaired) electrons. The van der Waals surface area contributed by atoms with Crippen LogP contribution in [-0.2, 0) is 19.4 Å². The van der Waals surface area contributed by atoms with E-state index in [4.69, 9.17) is 0 Å². The maximum absolute atomic E-state index is 13.7. The average Bonchev–Trinajstić information content (AvgIpc) is 3.74. The highest BCUT2D eigenvalue weighted by molar-refractivity contribution is 6.13. The second-order valence-corrected chi connectivity index (χ2v) is 13.4. The first-order valence-electron chi connectivity index (χ1n) is 17.9. The second-order valence-electron chi connectivity index (χ2n) is 13.4. The van der Waals surface area contributed by atoms with Gasteiger partial charge in [-0.05, 0) is 103 Å². The van der Waals surface area contributed by atoms with Gasteiger partial charge in [0.1, 0.15) is 0 Å². The number of rotatable bonds is 13. The van der Waals surface area contributed by atoms with Crippen molar-refractivity contribution in [1.82, 2.24) is 19.4 Å². The Bertz CT molecular complexity index is 2340. The topological polar surface area (TPSA) is 92.1 Å². The zero-order valence-corrected chi connectivity index (χ0v) is 30.0. The number of amides is 2. The van der Waals surface area contributed by atoms with E-state index in [1.54, 1.807) is 12.4 Å². The molecule has 8 nitrogen and oxygen atoms in total. The molecule has 7 rings (SSSR count). The van der Waals surface area contributed by atoms with E-state index in [0.29, 0.717) is 22.5 Å². The van der Waals surface area contributed by atoms with Crippen LogP contribution in [0, 0.1) is 13.8 Å². The van der Waals surface area contributed by atoms with Crippen molar-refractivity contribution in [2.24, 2.45) is 0 Å². The number of para-hydroxylation sites is 1. The second kappa shape index (κ2) is 16.3. The molecule has 0 spiro atoms. The summed E-state index contributed by atoms with van der Waals surface area (Å²) in [4.78, 5) is 38.1. The summed E-state index contributed by atoms with van der Waals surface area (Å²) < 4.78 is 2.03. The van der Waals surface area contributed by atoms with Crippen LogP contribution in [0.2, 0.25) is 0 Å². The van der Waals surface area contributed by atoms with Crippen molar-refractivity contribution in [3.8, 4) is 5.69 Å². The van der Waals surface area contributed by atoms with Gasteiger partial charge in [-0.3, -0.25) is 19.5 Å². The summed E-state index contributed by atoms with van der Waals surface area (Å²) in [5.41, 5.74) is 9.55. The van der Waals surface area contributed by atoms with Crippen LogP contribution in [0.4, 0.5) is 11.4 Å². The zero-order chi connectivity index (χ0) is 36.6. The normalized spacial score (nSPS) is 11.2. The molecule has 2 N–H and O–H groups in total. The third kappa shape index (κ3) is 8.92. The van der Waals surface area contributed by atoms with E-state index >= 15 is 0 Å². The van der Waals surface area contributed by atoms with Crippen molar-refractivity contribution in [2.45, 2.75) is 33.2 Å². The maximum Gasteiger partial charge on any atom is 0.257 e. The SMILES string of the molecule is Cc1cc(NC(=O)c2cnc3ccccc3c2)c(C(=O)Nc2ccc(CCN(CCc3ccccc3)Cc3cccc(-n4ccnc4)c3)cc2)cc1C. The Kier molecular flexibility index (Phi) is 10.8. The smallest absolute Gasteiger partial charge is 0.257 e. The minimum absolute atomic E-state index is 0.294. The summed E-state index contributed by atoms with van der Waals surface area (Å²) in [6.07, 6.45) is 8.96. The molecule has 0 saturated carbocycles. The number of pyridine rings is 1. The first-order valence-corrected chi connectivity index (χ1v) is 17.9. The van der Waals surface area contributed by atoms with E-state index in [2.05, 4.69) is 92.2 Å². The van der Waals surface area contributed by atoms with Gasteiger partial charge in [-0.2, -0.15) is 0 Å². The number of hydrogen-bond acceptors (Lipinski definition) is 5. The highest BCUT2D eigenvalue weighted by atomic mass is 16.2. The summed E-state index contributed by atoms with van der Waals surface area (Å²) in [5.74, 6) is -0.619. The van der Waals surface area contributed by atoms with Gasteiger partial charge in [0.25, 0.3) is 11.8 Å². The minimum Gasteiger partial charge on any atom is -0.322 e. The molecule has 53 heavy (non-hydrogen) atoms. The Balaban J connectivity index is 1.01. The van der Waals surface area contributed by atoms with Crippen LogP contribution < -0.4 is 10.6 Å². The highest BCUT2D eigenvalue weighted by Gasteiger charge is 2.18. The van der Waals surface area contributed by atoms with Crippen molar-refractivity contribution in [2.75, 3.05) is 23.7 Å². The van der Waals surface area contributed by atoms with Crippen molar-refractivity contribution in [3.63, 3.8) is 0 Å². The Labute approximate surface area is 310 Å². The predicted molar refractivity (Wildman–Crippen MR) is 213 cm³/mol. The fourth-order valence-corrected chi connectivity index (χ4v) is 6.42. The van der Waals surface area contributed by atoms with Crippen molar-refractivity contribution in [3.05, 3.63) is 185 Å². The summed E-state index contributed by atoms with van der Waals surface area (Å²) in [5, 5.41) is 6.88. The summed E-state index contributed by atoms with van der Waals surface area (Å²) in [7, 11) is 0. The fourth-order valence-electron chi connectivity index (χ4n) is 6.42. The lowest BCUT2D eigenvalue weighted by atomic mass is 10.0. The maximum atomic E-state index is 13.7. The number of benzene rings is 5. The van der Waals surface area contributed by atoms with Gasteiger partial charge >= 0.3 is 0 Å². The zero-order valence-electron chi connectivity index (χ0n) is 30.0. The molecule has 8 heteroatoms. The van der Waals surface area contributed by atoms with E-state index in [1.807, 2.05) is 85.5 Å². The minimum atomic E-state index is -0.325. The highest BCUT2D eigenvalue weighted by Crippen LogP contribution is 2.24. The molecule has 7 aromatic rings. The van der Waals surface area contributed by atoms with Gasteiger partial charge < -0.3 is 15.2 Å². The number of aromatic nitrogens is 3. The number of hydrogen-bond donors (Lipinski definition) is 2. The van der Waals surface area contributed by atoms with Crippen LogP contribution in [0.5, 0.6) is 0 Å². The summed E-state index contributed by atoms with van der Waals surface area (Å²) >= 11 is 0. The largest absolute Gasteiger partial charge is 0.322 e. The Morgan fingerprint density at radius 2 is 1.42 bits per heavy atom. The van der Waals surface area contributed by atoms with Crippen LogP contribution in [-0.4, -0.2) is 44.3 Å². The number of carbonyl (C=O) groups excluding carboxylic acids is 2. The molecule has 0 aliphatic heterocycles. The molecule has 0 unspecified atom stereocenters. The summed E-state index contributed by atoms with van der Waals surface area (Å²) in [6, 6.07) is 40.4. The summed E-state index contributed by atoms with van der Waals surface area (Å²) in [6.45, 7) is 6.56. The van der Waals surface area contributed by atoms with Gasteiger partial charge in [0.15, 0.2) is 0 Å². The number of aryl methyl sites for hydroxylation is 2. The number of imidazole rings is 1. The lowest BCUT2D eigenvalue weighted by Crippen LogP contribution is -2.28. The van der Waals surface area contributed by atoms with Gasteiger partial charge in [0, 0.05) is 55.0 Å². The van der Waals surface area contributed by atoms with Gasteiger partial charge in [-0.25, -0.2) is 4.98 Å². The monoisotopic (exact) mass is 698 g/mol. The predicted octanol–water partition coefficient (Wildman–Crippen LogP) is 8.83. The van der Waals surface area contributed by atoms with Crippen LogP contribution in [0.1, 0.15) is 48.5 Å². The lowest BCUT2D eigenvalue weighted by Gasteiger charge is -2.23. The fraction of sp³-hybridized carbons (Fsp3) is 0.156. The molecule has 2 amide bonds. The number of nitrogens with zero attached hydrogens (tertiary/aromatic N) is 4. The van der Waals surface area contributed by atoms with Crippen molar-refractivity contribution >= 4 is 34.1 Å². The number of fused-ring (bicyclic) bond motifs is 1. The number of nitrogens with one attached hydrogen (secondary N) is 2. The molecule has 2 heterocycles. The third-order valence-electron chi connectivity index (χ3n) is 9.59. The molecule has 264 valence electrons. The van der Waals surface area contributed by atoms with Crippen molar-refractivity contribution < 1.29 is 9.59 Å². The first-order chi connectivity index (χ1) is 25.9. The van der Waals surface area contributed by atoms with E-state index in [1.165, 1.54) is 16.7 Å². The van der Waals surface area contributed by atoms with Crippen molar-refractivity contribution in [1.29, 1.82) is 0 Å². The molecular weight excluding hydrogens is 657 g/mol. The molecular formula is C45H42N6O2. The van der Waals surface area contributed by atoms with E-state index in [9.17, 15) is 9.59 Å². The Hall–Kier alpha value is -6.38. The van der Waals surface area contributed by atoms with Gasteiger partial charge in [-0.1, -0.05) is 72.8 Å². The molecule has 0 aliphatic carbocycles. The molecule has 0 saturated heterocycles. The average molecular weight is 699 g/mol. The van der Waals surface area contributed by atoms with Crippen LogP contribution in [0.15, 0.2) is 146 Å². The van der Waals surface area contributed by atoms with E-state index in [0.717, 1.165) is 60.2 Å². The van der Waals surface area contributed by atoms with E-state index in [-0.39, 0.29) is 11.8 Å². The first kappa shape index (κ1) is 35.0. The number of anilines is 2. The Morgan fingerprint density at radius 1 is 0.698 bits per heavy atom. The van der Waals surface area contributed by atoms with E-state index < -0.39 is 0 Å². The van der Waals surface area contributed by atoms with Gasteiger partial charge in [0.05, 0.1) is 28.7 Å². The van der Waals surface area contributed by atoms with Gasteiger partial charge in [-0.15, -0.1) is 0 Å². The number of carbonyl (C=O) groups is 2.